The van der Waals surface area contributed by atoms with Crippen LogP contribution in [0.4, 0.5) is 0 Å². The quantitative estimate of drug-likeness (QED) is 0.293. The van der Waals surface area contributed by atoms with Crippen molar-refractivity contribution in [3.05, 3.63) is 29.8 Å². The van der Waals surface area contributed by atoms with E-state index in [1.54, 1.807) is 12.1 Å². The van der Waals surface area contributed by atoms with Crippen LogP contribution in [0, 0.1) is 0 Å². The molecule has 0 aromatic heterocycles. The lowest BCUT2D eigenvalue weighted by Gasteiger charge is -2.03. The van der Waals surface area contributed by atoms with Gasteiger partial charge in [-0.15, -0.1) is 0 Å². The van der Waals surface area contributed by atoms with Crippen LogP contribution in [0.25, 0.3) is 6.08 Å². The maximum atomic E-state index is 11.7. The molecule has 134 valence electrons. The average Bonchev–Trinajstić information content (AvgIpc) is 2.57. The molecule has 0 unspecified atom stereocenters. The molecule has 0 fully saturated rings. The minimum Gasteiger partial charge on any atom is -0.504 e. The van der Waals surface area contributed by atoms with Gasteiger partial charge >= 0.3 is 0 Å². The second-order valence-electron chi connectivity index (χ2n) is 6.20. The third-order valence-corrected chi connectivity index (χ3v) is 4.01. The Bertz CT molecular complexity index is 512. The molecule has 0 saturated carbocycles. The maximum Gasteiger partial charge on any atom is 0.243 e. The summed E-state index contributed by atoms with van der Waals surface area (Å²) in [6.45, 7) is 2.93. The normalized spacial score (nSPS) is 11.0. The highest BCUT2D eigenvalue weighted by Gasteiger charge is 1.99. The van der Waals surface area contributed by atoms with Crippen LogP contribution in [-0.2, 0) is 4.79 Å². The van der Waals surface area contributed by atoms with Gasteiger partial charge in [0.05, 0.1) is 0 Å². The first-order valence-electron chi connectivity index (χ1n) is 9.11. The fourth-order valence-electron chi connectivity index (χ4n) is 2.52. The monoisotopic (exact) mass is 333 g/mol. The SMILES string of the molecule is CCCCCCCCCCCNC(=O)/C=C/c1ccc(O)c(O)c1. The number of carbonyl (C=O) groups excluding carboxylic acids is 1. The summed E-state index contributed by atoms with van der Waals surface area (Å²) in [5, 5.41) is 21.5. The Labute approximate surface area is 145 Å². The van der Waals surface area contributed by atoms with Crippen molar-refractivity contribution in [3.8, 4) is 11.5 Å². The van der Waals surface area contributed by atoms with Crippen molar-refractivity contribution in [2.75, 3.05) is 6.54 Å². The predicted molar refractivity (Wildman–Crippen MR) is 99.0 cm³/mol. The first kappa shape index (κ1) is 20.1. The van der Waals surface area contributed by atoms with E-state index in [0.29, 0.717) is 12.1 Å². The Morgan fingerprint density at radius 1 is 0.958 bits per heavy atom. The van der Waals surface area contributed by atoms with Crippen molar-refractivity contribution >= 4 is 12.0 Å². The van der Waals surface area contributed by atoms with E-state index in [1.807, 2.05) is 0 Å². The van der Waals surface area contributed by atoms with Crippen molar-refractivity contribution in [1.29, 1.82) is 0 Å². The molecule has 0 bridgehead atoms. The third-order valence-electron chi connectivity index (χ3n) is 4.01. The molecule has 24 heavy (non-hydrogen) atoms. The van der Waals surface area contributed by atoms with Crippen LogP contribution >= 0.6 is 0 Å². The molecule has 0 atom stereocenters. The van der Waals surface area contributed by atoms with Gasteiger partial charge in [-0.2, -0.15) is 0 Å². The molecule has 0 spiro atoms. The third kappa shape index (κ3) is 9.23. The van der Waals surface area contributed by atoms with E-state index in [9.17, 15) is 15.0 Å². The van der Waals surface area contributed by atoms with Crippen LogP contribution in [0.3, 0.4) is 0 Å². The van der Waals surface area contributed by atoms with Gasteiger partial charge in [-0.1, -0.05) is 64.4 Å². The lowest BCUT2D eigenvalue weighted by molar-refractivity contribution is -0.116. The molecule has 0 radical (unpaired) electrons. The van der Waals surface area contributed by atoms with Crippen molar-refractivity contribution in [3.63, 3.8) is 0 Å². The molecular formula is C20H31NO3. The van der Waals surface area contributed by atoms with Gasteiger partial charge in [-0.05, 0) is 30.2 Å². The van der Waals surface area contributed by atoms with Crippen molar-refractivity contribution in [1.82, 2.24) is 5.32 Å². The number of hydrogen-bond acceptors (Lipinski definition) is 3. The molecule has 1 rings (SSSR count). The number of carbonyl (C=O) groups is 1. The average molecular weight is 333 g/mol. The van der Waals surface area contributed by atoms with Crippen LogP contribution < -0.4 is 5.32 Å². The zero-order valence-electron chi connectivity index (χ0n) is 14.8. The topological polar surface area (TPSA) is 69.6 Å². The number of rotatable bonds is 12. The number of phenolic OH excluding ortho intramolecular Hbond substituents is 2. The second kappa shape index (κ2) is 12.5. The summed E-state index contributed by atoms with van der Waals surface area (Å²) in [5.74, 6) is -0.489. The summed E-state index contributed by atoms with van der Waals surface area (Å²) in [6, 6.07) is 4.45. The zero-order chi connectivity index (χ0) is 17.6. The van der Waals surface area contributed by atoms with Crippen LogP contribution in [0.15, 0.2) is 24.3 Å². The van der Waals surface area contributed by atoms with E-state index in [1.165, 1.54) is 63.2 Å². The van der Waals surface area contributed by atoms with E-state index in [2.05, 4.69) is 12.2 Å². The Morgan fingerprint density at radius 3 is 2.21 bits per heavy atom. The van der Waals surface area contributed by atoms with Gasteiger partial charge in [-0.3, -0.25) is 4.79 Å². The highest BCUT2D eigenvalue weighted by atomic mass is 16.3. The first-order chi connectivity index (χ1) is 11.6. The van der Waals surface area contributed by atoms with Gasteiger partial charge in [0, 0.05) is 12.6 Å². The summed E-state index contributed by atoms with van der Waals surface area (Å²) in [7, 11) is 0. The van der Waals surface area contributed by atoms with Crippen LogP contribution in [-0.4, -0.2) is 22.7 Å². The summed E-state index contributed by atoms with van der Waals surface area (Å²) in [4.78, 5) is 11.7. The van der Waals surface area contributed by atoms with Crippen molar-refractivity contribution in [2.45, 2.75) is 64.7 Å². The zero-order valence-corrected chi connectivity index (χ0v) is 14.8. The molecule has 4 nitrogen and oxygen atoms in total. The molecule has 1 aromatic carbocycles. The van der Waals surface area contributed by atoms with Crippen LogP contribution in [0.1, 0.15) is 70.3 Å². The van der Waals surface area contributed by atoms with Gasteiger partial charge in [0.1, 0.15) is 0 Å². The number of benzene rings is 1. The van der Waals surface area contributed by atoms with Gasteiger partial charge in [0.15, 0.2) is 11.5 Å². The number of amides is 1. The molecule has 0 aliphatic rings. The van der Waals surface area contributed by atoms with E-state index in [0.717, 1.165) is 12.8 Å². The molecule has 0 saturated heterocycles. The molecule has 3 N–H and O–H groups in total. The molecule has 1 aromatic rings. The van der Waals surface area contributed by atoms with Gasteiger partial charge in [0.2, 0.25) is 5.91 Å². The van der Waals surface area contributed by atoms with Crippen molar-refractivity contribution < 1.29 is 15.0 Å². The minimum absolute atomic E-state index is 0.137. The number of phenols is 2. The largest absolute Gasteiger partial charge is 0.504 e. The number of unbranched alkanes of at least 4 members (excludes halogenated alkanes) is 8. The Kier molecular flexibility index (Phi) is 10.4. The summed E-state index contributed by atoms with van der Waals surface area (Å²) < 4.78 is 0. The molecule has 0 heterocycles. The fourth-order valence-corrected chi connectivity index (χ4v) is 2.52. The van der Waals surface area contributed by atoms with Crippen LogP contribution in [0.5, 0.6) is 11.5 Å². The van der Waals surface area contributed by atoms with Gasteiger partial charge in [-0.25, -0.2) is 0 Å². The fraction of sp³-hybridized carbons (Fsp3) is 0.550. The van der Waals surface area contributed by atoms with E-state index >= 15 is 0 Å². The van der Waals surface area contributed by atoms with E-state index in [4.69, 9.17) is 0 Å². The van der Waals surface area contributed by atoms with Crippen LogP contribution in [0.2, 0.25) is 0 Å². The smallest absolute Gasteiger partial charge is 0.243 e. The molecule has 1 amide bonds. The first-order valence-corrected chi connectivity index (χ1v) is 9.11. The highest BCUT2D eigenvalue weighted by Crippen LogP contribution is 2.25. The Hall–Kier alpha value is -1.97. The number of nitrogens with one attached hydrogen (secondary N) is 1. The number of aromatic hydroxyl groups is 2. The predicted octanol–water partition coefficient (Wildman–Crippen LogP) is 4.76. The Balaban J connectivity index is 2.05. The minimum atomic E-state index is -0.188. The maximum absolute atomic E-state index is 11.7. The summed E-state index contributed by atoms with van der Waals surface area (Å²) >= 11 is 0. The highest BCUT2D eigenvalue weighted by molar-refractivity contribution is 5.91. The van der Waals surface area contributed by atoms with Crippen molar-refractivity contribution in [2.24, 2.45) is 0 Å². The lowest BCUT2D eigenvalue weighted by Crippen LogP contribution is -2.21. The molecule has 4 heteroatoms. The Morgan fingerprint density at radius 2 is 1.58 bits per heavy atom. The summed E-state index contributed by atoms with van der Waals surface area (Å²) in [5.41, 5.74) is 0.670. The second-order valence-corrected chi connectivity index (χ2v) is 6.20. The molecule has 0 aliphatic heterocycles. The van der Waals surface area contributed by atoms with E-state index in [-0.39, 0.29) is 17.4 Å². The summed E-state index contributed by atoms with van der Waals surface area (Å²) in [6.07, 6.45) is 14.4. The van der Waals surface area contributed by atoms with Gasteiger partial charge < -0.3 is 15.5 Å². The lowest BCUT2D eigenvalue weighted by atomic mass is 10.1. The molecular weight excluding hydrogens is 302 g/mol. The standard InChI is InChI=1S/C20H31NO3/c1-2-3-4-5-6-7-8-9-10-15-21-20(24)14-12-17-11-13-18(22)19(23)16-17/h11-14,16,22-23H,2-10,15H2,1H3,(H,21,24)/b14-12+. The number of hydrogen-bond donors (Lipinski definition) is 3. The van der Waals surface area contributed by atoms with Gasteiger partial charge in [0.25, 0.3) is 0 Å². The van der Waals surface area contributed by atoms with E-state index < -0.39 is 0 Å². The molecule has 0 aliphatic carbocycles.